The molecule has 0 spiro atoms. The first-order valence-corrected chi connectivity index (χ1v) is 6.98. The van der Waals surface area contributed by atoms with Crippen LogP contribution >= 0.6 is 0 Å². The Morgan fingerprint density at radius 3 is 2.27 bits per heavy atom. The van der Waals surface area contributed by atoms with Gasteiger partial charge in [-0.25, -0.2) is 0 Å². The van der Waals surface area contributed by atoms with Crippen molar-refractivity contribution in [3.05, 3.63) is 53.9 Å². The van der Waals surface area contributed by atoms with E-state index in [1.807, 2.05) is 0 Å². The lowest BCUT2D eigenvalue weighted by molar-refractivity contribution is -0.274. The summed E-state index contributed by atoms with van der Waals surface area (Å²) in [5, 5.41) is 0. The summed E-state index contributed by atoms with van der Waals surface area (Å²) in [4.78, 5) is 4.39. The summed E-state index contributed by atoms with van der Waals surface area (Å²) < 4.78 is 40.6. The molecule has 0 amide bonds. The number of nitrogen functional groups attached to an aromatic ring is 1. The van der Waals surface area contributed by atoms with Gasteiger partial charge in [-0.1, -0.05) is 18.6 Å². The summed E-state index contributed by atoms with van der Waals surface area (Å²) in [7, 11) is 0. The maximum Gasteiger partial charge on any atom is 0.573 e. The van der Waals surface area contributed by atoms with E-state index in [0.717, 1.165) is 30.5 Å². The van der Waals surface area contributed by atoms with Gasteiger partial charge in [0, 0.05) is 11.6 Å². The summed E-state index contributed by atoms with van der Waals surface area (Å²) in [5.41, 5.74) is 8.05. The Morgan fingerprint density at radius 2 is 1.77 bits per heavy atom. The SMILES string of the molecule is Nc1cccnc1C1(c2ccc(OC(F)(F)F)cc2)CCC1. The monoisotopic (exact) mass is 308 g/mol. The van der Waals surface area contributed by atoms with E-state index in [2.05, 4.69) is 9.72 Å². The molecule has 0 saturated heterocycles. The van der Waals surface area contributed by atoms with Crippen LogP contribution < -0.4 is 10.5 Å². The molecule has 0 aliphatic heterocycles. The number of ether oxygens (including phenoxy) is 1. The average molecular weight is 308 g/mol. The van der Waals surface area contributed by atoms with Crippen LogP contribution in [0.2, 0.25) is 0 Å². The molecule has 1 aliphatic rings. The van der Waals surface area contributed by atoms with Gasteiger partial charge in [-0.2, -0.15) is 0 Å². The zero-order valence-electron chi connectivity index (χ0n) is 11.7. The highest BCUT2D eigenvalue weighted by atomic mass is 19.4. The van der Waals surface area contributed by atoms with Crippen LogP contribution in [-0.2, 0) is 5.41 Å². The van der Waals surface area contributed by atoms with Gasteiger partial charge in [-0.05, 0) is 42.7 Å². The largest absolute Gasteiger partial charge is 0.573 e. The van der Waals surface area contributed by atoms with Gasteiger partial charge < -0.3 is 10.5 Å². The third kappa shape index (κ3) is 2.61. The van der Waals surface area contributed by atoms with Crippen LogP contribution in [0.4, 0.5) is 18.9 Å². The minimum absolute atomic E-state index is 0.222. The first-order chi connectivity index (χ1) is 10.4. The van der Waals surface area contributed by atoms with Crippen LogP contribution in [0.5, 0.6) is 5.75 Å². The first-order valence-electron chi connectivity index (χ1n) is 6.98. The lowest BCUT2D eigenvalue weighted by atomic mass is 9.62. The van der Waals surface area contributed by atoms with E-state index in [9.17, 15) is 13.2 Å². The Balaban J connectivity index is 1.93. The van der Waals surface area contributed by atoms with Gasteiger partial charge in [0.05, 0.1) is 11.4 Å². The molecular formula is C16H15F3N2O. The molecule has 0 atom stereocenters. The maximum absolute atomic E-state index is 12.2. The van der Waals surface area contributed by atoms with Gasteiger partial charge >= 0.3 is 6.36 Å². The van der Waals surface area contributed by atoms with E-state index in [1.165, 1.54) is 12.1 Å². The third-order valence-electron chi connectivity index (χ3n) is 4.14. The number of aromatic nitrogens is 1. The molecule has 22 heavy (non-hydrogen) atoms. The van der Waals surface area contributed by atoms with Crippen molar-refractivity contribution in [3.8, 4) is 5.75 Å². The van der Waals surface area contributed by atoms with E-state index in [4.69, 9.17) is 5.73 Å². The van der Waals surface area contributed by atoms with Crippen molar-refractivity contribution in [1.29, 1.82) is 0 Å². The zero-order valence-corrected chi connectivity index (χ0v) is 11.7. The summed E-state index contributed by atoms with van der Waals surface area (Å²) in [6.07, 6.45) is -0.188. The number of nitrogens with two attached hydrogens (primary N) is 1. The Morgan fingerprint density at radius 1 is 1.09 bits per heavy atom. The van der Waals surface area contributed by atoms with Crippen LogP contribution in [0.15, 0.2) is 42.6 Å². The van der Waals surface area contributed by atoms with E-state index in [0.29, 0.717) is 5.69 Å². The van der Waals surface area contributed by atoms with Crippen molar-refractivity contribution in [3.63, 3.8) is 0 Å². The van der Waals surface area contributed by atoms with E-state index in [1.54, 1.807) is 30.5 Å². The normalized spacial score (nSPS) is 16.9. The highest BCUT2D eigenvalue weighted by molar-refractivity contribution is 5.53. The van der Waals surface area contributed by atoms with Crippen LogP contribution in [0.25, 0.3) is 0 Å². The molecule has 3 nitrogen and oxygen atoms in total. The second-order valence-corrected chi connectivity index (χ2v) is 5.45. The highest BCUT2D eigenvalue weighted by Crippen LogP contribution is 2.50. The number of pyridine rings is 1. The third-order valence-corrected chi connectivity index (χ3v) is 4.14. The fourth-order valence-electron chi connectivity index (χ4n) is 2.99. The molecule has 6 heteroatoms. The highest BCUT2D eigenvalue weighted by Gasteiger charge is 2.43. The van der Waals surface area contributed by atoms with Crippen LogP contribution in [0.1, 0.15) is 30.5 Å². The topological polar surface area (TPSA) is 48.1 Å². The molecular weight excluding hydrogens is 293 g/mol. The Bertz CT molecular complexity index is 664. The second kappa shape index (κ2) is 5.19. The number of nitrogens with zero attached hydrogens (tertiary/aromatic N) is 1. The molecule has 0 unspecified atom stereocenters. The minimum atomic E-state index is -4.68. The lowest BCUT2D eigenvalue weighted by Crippen LogP contribution is -2.37. The van der Waals surface area contributed by atoms with Gasteiger partial charge in [0.25, 0.3) is 0 Å². The van der Waals surface area contributed by atoms with E-state index < -0.39 is 6.36 Å². The molecule has 2 aromatic rings. The average Bonchev–Trinajstić information content (AvgIpc) is 2.40. The number of halogens is 3. The molecule has 1 aromatic carbocycles. The van der Waals surface area contributed by atoms with E-state index >= 15 is 0 Å². The number of hydrogen-bond donors (Lipinski definition) is 1. The summed E-state index contributed by atoms with van der Waals surface area (Å²) in [6.45, 7) is 0. The minimum Gasteiger partial charge on any atom is -0.406 e. The van der Waals surface area contributed by atoms with Crippen LogP contribution in [-0.4, -0.2) is 11.3 Å². The zero-order chi connectivity index (χ0) is 15.8. The molecule has 1 aromatic heterocycles. The first kappa shape index (κ1) is 14.7. The molecule has 1 saturated carbocycles. The number of rotatable bonds is 3. The van der Waals surface area contributed by atoms with E-state index in [-0.39, 0.29) is 11.2 Å². The predicted octanol–water partition coefficient (Wildman–Crippen LogP) is 4.03. The van der Waals surface area contributed by atoms with Crippen molar-refractivity contribution in [2.24, 2.45) is 0 Å². The predicted molar refractivity (Wildman–Crippen MR) is 76.4 cm³/mol. The fourth-order valence-corrected chi connectivity index (χ4v) is 2.99. The second-order valence-electron chi connectivity index (χ2n) is 5.45. The number of benzene rings is 1. The maximum atomic E-state index is 12.2. The molecule has 0 radical (unpaired) electrons. The van der Waals surface area contributed by atoms with Gasteiger partial charge in [0.2, 0.25) is 0 Å². The molecule has 116 valence electrons. The van der Waals surface area contributed by atoms with Crippen molar-refractivity contribution in [1.82, 2.24) is 4.98 Å². The van der Waals surface area contributed by atoms with Gasteiger partial charge in [-0.15, -0.1) is 13.2 Å². The Hall–Kier alpha value is -2.24. The van der Waals surface area contributed by atoms with Crippen LogP contribution in [0.3, 0.4) is 0 Å². The Kier molecular flexibility index (Phi) is 3.47. The fraction of sp³-hybridized carbons (Fsp3) is 0.312. The van der Waals surface area contributed by atoms with Crippen LogP contribution in [0, 0.1) is 0 Å². The molecule has 1 fully saturated rings. The number of anilines is 1. The van der Waals surface area contributed by atoms with Gasteiger partial charge in [0.15, 0.2) is 0 Å². The van der Waals surface area contributed by atoms with Crippen molar-refractivity contribution in [2.45, 2.75) is 31.0 Å². The molecule has 3 rings (SSSR count). The molecule has 0 bridgehead atoms. The quantitative estimate of drug-likeness (QED) is 0.931. The van der Waals surface area contributed by atoms with Gasteiger partial charge in [-0.3, -0.25) is 4.98 Å². The Labute approximate surface area is 125 Å². The molecule has 1 aliphatic carbocycles. The van der Waals surface area contributed by atoms with Crippen molar-refractivity contribution < 1.29 is 17.9 Å². The number of hydrogen-bond acceptors (Lipinski definition) is 3. The van der Waals surface area contributed by atoms with Crippen molar-refractivity contribution >= 4 is 5.69 Å². The van der Waals surface area contributed by atoms with Crippen molar-refractivity contribution in [2.75, 3.05) is 5.73 Å². The summed E-state index contributed by atoms with van der Waals surface area (Å²) >= 11 is 0. The summed E-state index contributed by atoms with van der Waals surface area (Å²) in [5.74, 6) is -0.222. The smallest absolute Gasteiger partial charge is 0.406 e. The number of alkyl halides is 3. The summed E-state index contributed by atoms with van der Waals surface area (Å²) in [6, 6.07) is 9.56. The molecule has 1 heterocycles. The van der Waals surface area contributed by atoms with Gasteiger partial charge in [0.1, 0.15) is 5.75 Å². The lowest BCUT2D eigenvalue weighted by Gasteiger charge is -2.42. The standard InChI is InChI=1S/C16H15F3N2O/c17-16(18,19)22-12-6-4-11(5-7-12)15(8-2-9-15)14-13(20)3-1-10-21-14/h1,3-7,10H,2,8-9,20H2. The molecule has 2 N–H and O–H groups in total.